The van der Waals surface area contributed by atoms with Crippen LogP contribution in [0.5, 0.6) is 0 Å². The van der Waals surface area contributed by atoms with E-state index in [4.69, 9.17) is 10.5 Å². The van der Waals surface area contributed by atoms with E-state index < -0.39 is 5.60 Å². The van der Waals surface area contributed by atoms with Crippen molar-refractivity contribution in [1.82, 2.24) is 4.90 Å². The van der Waals surface area contributed by atoms with Crippen molar-refractivity contribution in [2.75, 3.05) is 20.2 Å². The van der Waals surface area contributed by atoms with Gasteiger partial charge >= 0.3 is 0 Å². The van der Waals surface area contributed by atoms with Crippen molar-refractivity contribution in [3.8, 4) is 0 Å². The van der Waals surface area contributed by atoms with Crippen LogP contribution in [0, 0.1) is 5.92 Å². The lowest BCUT2D eigenvalue weighted by atomic mass is 9.90. The molecule has 1 aliphatic rings. The van der Waals surface area contributed by atoms with Crippen molar-refractivity contribution in [3.05, 3.63) is 0 Å². The SMILES string of the molecule is COC(C)(C)C(=O)N1CCC(C(C)N)CC1. The van der Waals surface area contributed by atoms with Crippen LogP contribution in [0.2, 0.25) is 0 Å². The van der Waals surface area contributed by atoms with Crippen LogP contribution in [0.4, 0.5) is 0 Å². The topological polar surface area (TPSA) is 55.6 Å². The van der Waals surface area contributed by atoms with E-state index >= 15 is 0 Å². The molecule has 0 spiro atoms. The van der Waals surface area contributed by atoms with Gasteiger partial charge in [0.25, 0.3) is 5.91 Å². The van der Waals surface area contributed by atoms with E-state index in [1.807, 2.05) is 25.7 Å². The van der Waals surface area contributed by atoms with Gasteiger partial charge in [-0.3, -0.25) is 4.79 Å². The van der Waals surface area contributed by atoms with Crippen LogP contribution in [0.1, 0.15) is 33.6 Å². The quantitative estimate of drug-likeness (QED) is 0.784. The number of hydrogen-bond acceptors (Lipinski definition) is 3. The van der Waals surface area contributed by atoms with Crippen molar-refractivity contribution in [2.45, 2.75) is 45.3 Å². The van der Waals surface area contributed by atoms with Gasteiger partial charge in [0, 0.05) is 26.2 Å². The third-order valence-electron chi connectivity index (χ3n) is 3.60. The smallest absolute Gasteiger partial charge is 0.254 e. The summed E-state index contributed by atoms with van der Waals surface area (Å²) in [5.74, 6) is 0.632. The van der Waals surface area contributed by atoms with Crippen LogP contribution in [-0.2, 0) is 9.53 Å². The number of carbonyl (C=O) groups excluding carboxylic acids is 1. The zero-order chi connectivity index (χ0) is 12.3. The van der Waals surface area contributed by atoms with Gasteiger partial charge in [0.1, 0.15) is 5.60 Å². The maximum Gasteiger partial charge on any atom is 0.254 e. The third-order valence-corrected chi connectivity index (χ3v) is 3.60. The van der Waals surface area contributed by atoms with Gasteiger partial charge in [-0.15, -0.1) is 0 Å². The van der Waals surface area contributed by atoms with E-state index in [9.17, 15) is 4.79 Å². The van der Waals surface area contributed by atoms with Crippen LogP contribution in [0.15, 0.2) is 0 Å². The maximum atomic E-state index is 12.1. The first-order valence-electron chi connectivity index (χ1n) is 5.98. The summed E-state index contributed by atoms with van der Waals surface area (Å²) in [7, 11) is 1.58. The Hall–Kier alpha value is -0.610. The van der Waals surface area contributed by atoms with E-state index in [1.54, 1.807) is 7.11 Å². The van der Waals surface area contributed by atoms with Gasteiger partial charge in [0.05, 0.1) is 0 Å². The van der Waals surface area contributed by atoms with Crippen molar-refractivity contribution < 1.29 is 9.53 Å². The molecule has 16 heavy (non-hydrogen) atoms. The number of amides is 1. The van der Waals surface area contributed by atoms with Gasteiger partial charge in [-0.2, -0.15) is 0 Å². The Morgan fingerprint density at radius 3 is 2.31 bits per heavy atom. The average molecular weight is 228 g/mol. The number of nitrogens with zero attached hydrogens (tertiary/aromatic N) is 1. The molecule has 1 unspecified atom stereocenters. The summed E-state index contributed by atoms with van der Waals surface area (Å²) in [4.78, 5) is 14.0. The highest BCUT2D eigenvalue weighted by Gasteiger charge is 2.34. The molecule has 1 amide bonds. The number of nitrogens with two attached hydrogens (primary N) is 1. The number of carbonyl (C=O) groups is 1. The van der Waals surface area contributed by atoms with Crippen molar-refractivity contribution in [3.63, 3.8) is 0 Å². The highest BCUT2D eigenvalue weighted by molar-refractivity contribution is 5.84. The molecule has 1 aliphatic heterocycles. The predicted octanol–water partition coefficient (Wildman–Crippen LogP) is 0.997. The third kappa shape index (κ3) is 2.95. The predicted molar refractivity (Wildman–Crippen MR) is 64.0 cm³/mol. The summed E-state index contributed by atoms with van der Waals surface area (Å²) >= 11 is 0. The number of hydrogen-bond donors (Lipinski definition) is 1. The molecule has 4 heteroatoms. The lowest BCUT2D eigenvalue weighted by Crippen LogP contribution is -2.50. The summed E-state index contributed by atoms with van der Waals surface area (Å²) in [6.45, 7) is 7.27. The van der Waals surface area contributed by atoms with Crippen LogP contribution in [0.25, 0.3) is 0 Å². The number of likely N-dealkylation sites (tertiary alicyclic amines) is 1. The fourth-order valence-corrected chi connectivity index (χ4v) is 2.10. The van der Waals surface area contributed by atoms with E-state index in [0.717, 1.165) is 25.9 Å². The number of methoxy groups -OCH3 is 1. The Labute approximate surface area is 98.1 Å². The Morgan fingerprint density at radius 1 is 1.44 bits per heavy atom. The summed E-state index contributed by atoms with van der Waals surface area (Å²) in [5.41, 5.74) is 5.17. The Morgan fingerprint density at radius 2 is 1.94 bits per heavy atom. The average Bonchev–Trinajstić information content (AvgIpc) is 2.28. The summed E-state index contributed by atoms with van der Waals surface area (Å²) in [6, 6.07) is 0.229. The molecule has 4 nitrogen and oxygen atoms in total. The molecular weight excluding hydrogens is 204 g/mol. The lowest BCUT2D eigenvalue weighted by molar-refractivity contribution is -0.152. The van der Waals surface area contributed by atoms with Crippen molar-refractivity contribution in [1.29, 1.82) is 0 Å². The minimum atomic E-state index is -0.707. The second kappa shape index (κ2) is 5.15. The monoisotopic (exact) mass is 228 g/mol. The molecule has 0 bridgehead atoms. The van der Waals surface area contributed by atoms with Gasteiger partial charge in [0.2, 0.25) is 0 Å². The number of rotatable bonds is 3. The number of piperidine rings is 1. The van der Waals surface area contributed by atoms with Gasteiger partial charge in [-0.25, -0.2) is 0 Å². The molecule has 1 saturated heterocycles. The molecule has 0 aromatic heterocycles. The van der Waals surface area contributed by atoms with Gasteiger partial charge in [-0.05, 0) is 39.5 Å². The van der Waals surface area contributed by atoms with E-state index in [2.05, 4.69) is 0 Å². The molecule has 0 radical (unpaired) electrons. The highest BCUT2D eigenvalue weighted by atomic mass is 16.5. The van der Waals surface area contributed by atoms with Crippen LogP contribution in [0.3, 0.4) is 0 Å². The summed E-state index contributed by atoms with van der Waals surface area (Å²) in [6.07, 6.45) is 2.01. The van der Waals surface area contributed by atoms with Gasteiger partial charge < -0.3 is 15.4 Å². The van der Waals surface area contributed by atoms with Crippen molar-refractivity contribution in [2.24, 2.45) is 11.7 Å². The Kier molecular flexibility index (Phi) is 4.33. The summed E-state index contributed by atoms with van der Waals surface area (Å²) in [5, 5.41) is 0. The molecule has 0 aromatic carbocycles. The fraction of sp³-hybridized carbons (Fsp3) is 0.917. The lowest BCUT2D eigenvalue weighted by Gasteiger charge is -2.37. The number of ether oxygens (including phenoxy) is 1. The van der Waals surface area contributed by atoms with Crippen LogP contribution in [-0.4, -0.2) is 42.6 Å². The molecule has 94 valence electrons. The second-order valence-corrected chi connectivity index (χ2v) is 5.20. The van der Waals surface area contributed by atoms with Crippen LogP contribution < -0.4 is 5.73 Å². The first kappa shape index (κ1) is 13.5. The minimum Gasteiger partial charge on any atom is -0.369 e. The molecule has 0 saturated carbocycles. The molecule has 0 aliphatic carbocycles. The second-order valence-electron chi connectivity index (χ2n) is 5.20. The maximum absolute atomic E-state index is 12.1. The van der Waals surface area contributed by atoms with Crippen molar-refractivity contribution >= 4 is 5.91 Å². The van der Waals surface area contributed by atoms with E-state index in [0.29, 0.717) is 5.92 Å². The molecule has 1 atom stereocenters. The van der Waals surface area contributed by atoms with E-state index in [-0.39, 0.29) is 11.9 Å². The molecule has 2 N–H and O–H groups in total. The normalized spacial score (nSPS) is 20.9. The largest absolute Gasteiger partial charge is 0.369 e. The molecular formula is C12H24N2O2. The van der Waals surface area contributed by atoms with Gasteiger partial charge in [0.15, 0.2) is 0 Å². The minimum absolute atomic E-state index is 0.0816. The van der Waals surface area contributed by atoms with E-state index in [1.165, 1.54) is 0 Å². The Bertz CT molecular complexity index is 243. The van der Waals surface area contributed by atoms with Gasteiger partial charge in [-0.1, -0.05) is 0 Å². The zero-order valence-electron chi connectivity index (χ0n) is 10.8. The molecule has 1 fully saturated rings. The first-order valence-corrected chi connectivity index (χ1v) is 5.98. The highest BCUT2D eigenvalue weighted by Crippen LogP contribution is 2.22. The fourth-order valence-electron chi connectivity index (χ4n) is 2.10. The molecule has 0 aromatic rings. The Balaban J connectivity index is 2.51. The zero-order valence-corrected chi connectivity index (χ0v) is 10.8. The van der Waals surface area contributed by atoms with Crippen LogP contribution >= 0.6 is 0 Å². The molecule has 1 rings (SSSR count). The molecule has 1 heterocycles. The summed E-state index contributed by atoms with van der Waals surface area (Å²) < 4.78 is 5.21. The standard InChI is InChI=1S/C12H24N2O2/c1-9(13)10-5-7-14(8-6-10)11(15)12(2,3)16-4/h9-10H,5-8,13H2,1-4H3. The first-order chi connectivity index (χ1) is 7.38.